The van der Waals surface area contributed by atoms with Crippen LogP contribution < -0.4 is 11.1 Å². The van der Waals surface area contributed by atoms with Gasteiger partial charge < -0.3 is 20.9 Å². The second kappa shape index (κ2) is 6.88. The molecule has 1 rings (SSSR count). The molecule has 1 aromatic carbocycles. The summed E-state index contributed by atoms with van der Waals surface area (Å²) >= 11 is 0. The fourth-order valence-electron chi connectivity index (χ4n) is 1.52. The molecule has 94 valence electrons. The van der Waals surface area contributed by atoms with Crippen molar-refractivity contribution in [1.82, 2.24) is 5.32 Å². The number of nitrogens with two attached hydrogens (primary N) is 1. The van der Waals surface area contributed by atoms with Gasteiger partial charge in [0.05, 0.1) is 12.6 Å². The minimum atomic E-state index is -0.239. The van der Waals surface area contributed by atoms with E-state index < -0.39 is 0 Å². The van der Waals surface area contributed by atoms with Crippen molar-refractivity contribution in [2.45, 2.75) is 12.5 Å². The van der Waals surface area contributed by atoms with E-state index in [1.54, 1.807) is 19.2 Å². The van der Waals surface area contributed by atoms with Crippen LogP contribution in [0.2, 0.25) is 0 Å². The first-order valence-corrected chi connectivity index (χ1v) is 5.46. The first kappa shape index (κ1) is 13.5. The van der Waals surface area contributed by atoms with Crippen molar-refractivity contribution in [3.8, 4) is 5.75 Å². The van der Waals surface area contributed by atoms with Crippen molar-refractivity contribution < 1.29 is 14.6 Å². The van der Waals surface area contributed by atoms with E-state index in [1.807, 2.05) is 0 Å². The van der Waals surface area contributed by atoms with Crippen LogP contribution in [0.15, 0.2) is 24.3 Å². The maximum Gasteiger partial charge on any atom is 0.251 e. The normalized spacial score (nSPS) is 12.1. The monoisotopic (exact) mass is 238 g/mol. The molecule has 5 nitrogen and oxygen atoms in total. The summed E-state index contributed by atoms with van der Waals surface area (Å²) in [6, 6.07) is 6.09. The molecular formula is C12H18N2O3. The van der Waals surface area contributed by atoms with Crippen molar-refractivity contribution in [2.24, 2.45) is 5.73 Å². The molecule has 1 atom stereocenters. The van der Waals surface area contributed by atoms with E-state index in [-0.39, 0.29) is 17.7 Å². The predicted molar refractivity (Wildman–Crippen MR) is 64.9 cm³/mol. The summed E-state index contributed by atoms with van der Waals surface area (Å²) in [5, 5.41) is 12.1. The Morgan fingerprint density at radius 2 is 2.35 bits per heavy atom. The van der Waals surface area contributed by atoms with Crippen molar-refractivity contribution in [3.63, 3.8) is 0 Å². The van der Waals surface area contributed by atoms with Gasteiger partial charge in [-0.15, -0.1) is 0 Å². The van der Waals surface area contributed by atoms with Gasteiger partial charge in [0, 0.05) is 12.7 Å². The van der Waals surface area contributed by atoms with Gasteiger partial charge in [-0.25, -0.2) is 0 Å². The van der Waals surface area contributed by atoms with Crippen LogP contribution in [0.25, 0.3) is 0 Å². The Hall–Kier alpha value is -1.59. The molecule has 0 bridgehead atoms. The largest absolute Gasteiger partial charge is 0.508 e. The number of phenolic OH excluding ortho intramolecular Hbond substituents is 1. The lowest BCUT2D eigenvalue weighted by Gasteiger charge is -2.17. The lowest BCUT2D eigenvalue weighted by atomic mass is 10.1. The van der Waals surface area contributed by atoms with Crippen LogP contribution in [0, 0.1) is 0 Å². The number of nitrogens with one attached hydrogen (secondary N) is 1. The molecule has 1 unspecified atom stereocenters. The van der Waals surface area contributed by atoms with E-state index >= 15 is 0 Å². The van der Waals surface area contributed by atoms with Gasteiger partial charge in [0.25, 0.3) is 5.91 Å². The van der Waals surface area contributed by atoms with Gasteiger partial charge in [-0.3, -0.25) is 4.79 Å². The lowest BCUT2D eigenvalue weighted by molar-refractivity contribution is 0.0893. The van der Waals surface area contributed by atoms with Crippen LogP contribution in [0.5, 0.6) is 5.75 Å². The number of phenols is 1. The Bertz CT molecular complexity index is 363. The average molecular weight is 238 g/mol. The molecule has 1 aromatic rings. The standard InChI is InChI=1S/C12H18N2O3/c1-17-8-10(5-6-13)14-12(16)9-3-2-4-11(15)7-9/h2-4,7,10,15H,5-6,8,13H2,1H3,(H,14,16). The number of hydrogen-bond acceptors (Lipinski definition) is 4. The molecular weight excluding hydrogens is 220 g/mol. The minimum absolute atomic E-state index is 0.0692. The molecule has 0 heterocycles. The Morgan fingerprint density at radius 1 is 1.59 bits per heavy atom. The van der Waals surface area contributed by atoms with E-state index in [0.29, 0.717) is 25.1 Å². The molecule has 5 heteroatoms. The van der Waals surface area contributed by atoms with Crippen LogP contribution in [0.3, 0.4) is 0 Å². The highest BCUT2D eigenvalue weighted by molar-refractivity contribution is 5.94. The molecule has 0 spiro atoms. The van der Waals surface area contributed by atoms with Crippen LogP contribution in [-0.4, -0.2) is 37.3 Å². The zero-order valence-corrected chi connectivity index (χ0v) is 9.85. The van der Waals surface area contributed by atoms with Crippen LogP contribution in [-0.2, 0) is 4.74 Å². The first-order chi connectivity index (χ1) is 8.17. The summed E-state index contributed by atoms with van der Waals surface area (Å²) in [7, 11) is 1.57. The van der Waals surface area contributed by atoms with Gasteiger partial charge in [0.2, 0.25) is 0 Å². The Kier molecular flexibility index (Phi) is 5.45. The summed E-state index contributed by atoms with van der Waals surface area (Å²) in [6.07, 6.45) is 0.651. The van der Waals surface area contributed by atoms with Gasteiger partial charge >= 0.3 is 0 Å². The van der Waals surface area contributed by atoms with E-state index in [2.05, 4.69) is 5.32 Å². The highest BCUT2D eigenvalue weighted by Crippen LogP contribution is 2.10. The third kappa shape index (κ3) is 4.42. The summed E-state index contributed by atoms with van der Waals surface area (Å²) < 4.78 is 5.00. The van der Waals surface area contributed by atoms with Crippen molar-refractivity contribution in [3.05, 3.63) is 29.8 Å². The number of amides is 1. The number of benzene rings is 1. The second-order valence-corrected chi connectivity index (χ2v) is 3.75. The summed E-state index contributed by atoms with van der Waals surface area (Å²) in [5.41, 5.74) is 5.87. The van der Waals surface area contributed by atoms with E-state index in [4.69, 9.17) is 10.5 Å². The quantitative estimate of drug-likeness (QED) is 0.673. The third-order valence-corrected chi connectivity index (χ3v) is 2.33. The zero-order chi connectivity index (χ0) is 12.7. The molecule has 0 saturated carbocycles. The topological polar surface area (TPSA) is 84.6 Å². The highest BCUT2D eigenvalue weighted by atomic mass is 16.5. The number of methoxy groups -OCH3 is 1. The van der Waals surface area contributed by atoms with Crippen LogP contribution in [0.1, 0.15) is 16.8 Å². The molecule has 0 saturated heterocycles. The number of hydrogen-bond donors (Lipinski definition) is 3. The maximum absolute atomic E-state index is 11.8. The van der Waals surface area contributed by atoms with Gasteiger partial charge in [-0.1, -0.05) is 6.07 Å². The Morgan fingerprint density at radius 3 is 2.94 bits per heavy atom. The van der Waals surface area contributed by atoms with Gasteiger partial charge in [-0.2, -0.15) is 0 Å². The molecule has 1 amide bonds. The molecule has 17 heavy (non-hydrogen) atoms. The van der Waals surface area contributed by atoms with Crippen molar-refractivity contribution >= 4 is 5.91 Å². The first-order valence-electron chi connectivity index (χ1n) is 5.46. The van der Waals surface area contributed by atoms with Crippen LogP contribution >= 0.6 is 0 Å². The molecule has 0 aliphatic carbocycles. The van der Waals surface area contributed by atoms with Gasteiger partial charge in [0.1, 0.15) is 5.75 Å². The second-order valence-electron chi connectivity index (χ2n) is 3.75. The smallest absolute Gasteiger partial charge is 0.251 e. The third-order valence-electron chi connectivity index (χ3n) is 2.33. The fraction of sp³-hybridized carbons (Fsp3) is 0.417. The molecule has 0 aromatic heterocycles. The average Bonchev–Trinajstić information content (AvgIpc) is 2.29. The van der Waals surface area contributed by atoms with Gasteiger partial charge in [0.15, 0.2) is 0 Å². The van der Waals surface area contributed by atoms with E-state index in [9.17, 15) is 9.90 Å². The summed E-state index contributed by atoms with van der Waals surface area (Å²) in [5.74, 6) is -0.170. The number of carbonyl (C=O) groups excluding carboxylic acids is 1. The van der Waals surface area contributed by atoms with Crippen molar-refractivity contribution in [1.29, 1.82) is 0 Å². The molecule has 0 aliphatic rings. The maximum atomic E-state index is 11.8. The number of rotatable bonds is 6. The highest BCUT2D eigenvalue weighted by Gasteiger charge is 2.13. The summed E-state index contributed by atoms with van der Waals surface area (Å²) in [6.45, 7) is 0.899. The lowest BCUT2D eigenvalue weighted by Crippen LogP contribution is -2.39. The Balaban J connectivity index is 2.63. The molecule has 0 radical (unpaired) electrons. The number of carbonyl (C=O) groups is 1. The summed E-state index contributed by atoms with van der Waals surface area (Å²) in [4.78, 5) is 11.8. The SMILES string of the molecule is COCC(CCN)NC(=O)c1cccc(O)c1. The number of aromatic hydroxyl groups is 1. The van der Waals surface area contributed by atoms with E-state index in [1.165, 1.54) is 12.1 Å². The van der Waals surface area contributed by atoms with Gasteiger partial charge in [-0.05, 0) is 31.2 Å². The molecule has 0 fully saturated rings. The van der Waals surface area contributed by atoms with Crippen molar-refractivity contribution in [2.75, 3.05) is 20.3 Å². The minimum Gasteiger partial charge on any atom is -0.508 e. The zero-order valence-electron chi connectivity index (χ0n) is 9.85. The molecule has 4 N–H and O–H groups in total. The predicted octanol–water partition coefficient (Wildman–Crippen LogP) is 0.486. The van der Waals surface area contributed by atoms with Crippen LogP contribution in [0.4, 0.5) is 0 Å². The Labute approximate surface area is 101 Å². The number of ether oxygens (including phenoxy) is 1. The molecule has 0 aliphatic heterocycles. The fourth-order valence-corrected chi connectivity index (χ4v) is 1.52. The van der Waals surface area contributed by atoms with E-state index in [0.717, 1.165) is 0 Å².